The van der Waals surface area contributed by atoms with Gasteiger partial charge in [-0.1, -0.05) is 17.7 Å². The molecule has 0 amide bonds. The highest BCUT2D eigenvalue weighted by Crippen LogP contribution is 2.27. The molecule has 0 unspecified atom stereocenters. The van der Waals surface area contributed by atoms with Gasteiger partial charge in [0.1, 0.15) is 17.5 Å². The average molecular weight is 314 g/mol. The molecule has 1 aliphatic heterocycles. The second kappa shape index (κ2) is 6.32. The van der Waals surface area contributed by atoms with E-state index >= 15 is 0 Å². The normalized spacial score (nSPS) is 19.8. The van der Waals surface area contributed by atoms with Gasteiger partial charge in [0.2, 0.25) is 0 Å². The van der Waals surface area contributed by atoms with Crippen LogP contribution in [0.5, 0.6) is 0 Å². The van der Waals surface area contributed by atoms with Gasteiger partial charge >= 0.3 is 5.97 Å². The summed E-state index contributed by atoms with van der Waals surface area (Å²) in [6.07, 6.45) is 1.64. The van der Waals surface area contributed by atoms with Crippen molar-refractivity contribution in [2.24, 2.45) is 0 Å². The van der Waals surface area contributed by atoms with Gasteiger partial charge in [-0.05, 0) is 52.3 Å². The summed E-state index contributed by atoms with van der Waals surface area (Å²) < 4.78 is 19.3. The van der Waals surface area contributed by atoms with E-state index in [4.69, 9.17) is 16.3 Å². The molecule has 2 rings (SSSR count). The van der Waals surface area contributed by atoms with Crippen LogP contribution in [0.1, 0.15) is 39.2 Å². The van der Waals surface area contributed by atoms with Crippen LogP contribution in [0.15, 0.2) is 18.2 Å². The summed E-state index contributed by atoms with van der Waals surface area (Å²) in [6, 6.07) is 4.31. The maximum absolute atomic E-state index is 13.9. The second-order valence-corrected chi connectivity index (χ2v) is 6.77. The van der Waals surface area contributed by atoms with E-state index in [0.717, 1.165) is 19.4 Å². The van der Waals surface area contributed by atoms with Crippen LogP contribution in [0.3, 0.4) is 0 Å². The minimum absolute atomic E-state index is 0.243. The van der Waals surface area contributed by atoms with E-state index < -0.39 is 5.60 Å². The molecule has 0 radical (unpaired) electrons. The molecular weight excluding hydrogens is 293 g/mol. The third-order valence-electron chi connectivity index (χ3n) is 3.47. The lowest BCUT2D eigenvalue weighted by Crippen LogP contribution is -2.40. The summed E-state index contributed by atoms with van der Waals surface area (Å²) in [5.41, 5.74) is -0.0734. The molecule has 3 nitrogen and oxygen atoms in total. The van der Waals surface area contributed by atoms with Crippen molar-refractivity contribution >= 4 is 17.6 Å². The van der Waals surface area contributed by atoms with Crippen LogP contribution in [-0.2, 0) is 16.1 Å². The molecule has 0 N–H and O–H groups in total. The number of esters is 1. The minimum atomic E-state index is -0.513. The van der Waals surface area contributed by atoms with Gasteiger partial charge in [0, 0.05) is 17.1 Å². The summed E-state index contributed by atoms with van der Waals surface area (Å²) in [6.45, 7) is 6.61. The second-order valence-electron chi connectivity index (χ2n) is 6.36. The first-order chi connectivity index (χ1) is 9.78. The minimum Gasteiger partial charge on any atom is -0.459 e. The zero-order valence-electron chi connectivity index (χ0n) is 12.7. The number of ether oxygens (including phenoxy) is 1. The van der Waals surface area contributed by atoms with Crippen LogP contribution in [0.25, 0.3) is 0 Å². The Morgan fingerprint density at radius 2 is 2.19 bits per heavy atom. The fraction of sp³-hybridized carbons (Fsp3) is 0.562. The van der Waals surface area contributed by atoms with Crippen LogP contribution in [-0.4, -0.2) is 29.1 Å². The molecule has 1 saturated heterocycles. The predicted octanol–water partition coefficient (Wildman–Crippen LogP) is 3.79. The lowest BCUT2D eigenvalue weighted by atomic mass is 10.1. The molecule has 0 spiro atoms. The number of rotatable bonds is 3. The summed E-state index contributed by atoms with van der Waals surface area (Å²) in [5.74, 6) is -0.579. The standard InChI is InChI=1S/C16H21ClFNO2/c1-16(2,3)21-15(20)14-8-5-9-19(14)10-11-12(17)6-4-7-13(11)18/h4,6-7,14H,5,8-10H2,1-3H3/t14-/m1/s1. The van der Waals surface area contributed by atoms with Crippen molar-refractivity contribution in [2.45, 2.75) is 51.8 Å². The van der Waals surface area contributed by atoms with Crippen molar-refractivity contribution in [3.63, 3.8) is 0 Å². The van der Waals surface area contributed by atoms with Gasteiger partial charge < -0.3 is 4.74 Å². The van der Waals surface area contributed by atoms with E-state index in [9.17, 15) is 9.18 Å². The van der Waals surface area contributed by atoms with Crippen molar-refractivity contribution in [1.29, 1.82) is 0 Å². The van der Waals surface area contributed by atoms with Crippen LogP contribution in [0, 0.1) is 5.82 Å². The van der Waals surface area contributed by atoms with Gasteiger partial charge in [0.05, 0.1) is 0 Å². The molecule has 1 aromatic carbocycles. The first kappa shape index (κ1) is 16.2. The maximum atomic E-state index is 13.9. The number of nitrogens with zero attached hydrogens (tertiary/aromatic N) is 1. The smallest absolute Gasteiger partial charge is 0.323 e. The molecule has 5 heteroatoms. The van der Waals surface area contributed by atoms with Gasteiger partial charge in [-0.2, -0.15) is 0 Å². The van der Waals surface area contributed by atoms with Gasteiger partial charge in [0.15, 0.2) is 0 Å². The SMILES string of the molecule is CC(C)(C)OC(=O)[C@H]1CCCN1Cc1c(F)cccc1Cl. The highest BCUT2D eigenvalue weighted by atomic mass is 35.5. The number of benzene rings is 1. The molecule has 1 aromatic rings. The zero-order chi connectivity index (χ0) is 15.6. The van der Waals surface area contributed by atoms with E-state index in [-0.39, 0.29) is 17.8 Å². The Morgan fingerprint density at radius 3 is 2.81 bits per heavy atom. The van der Waals surface area contributed by atoms with Crippen molar-refractivity contribution < 1.29 is 13.9 Å². The molecule has 0 bridgehead atoms. The maximum Gasteiger partial charge on any atom is 0.323 e. The number of carbonyl (C=O) groups is 1. The Kier molecular flexibility index (Phi) is 4.89. The van der Waals surface area contributed by atoms with Crippen LogP contribution >= 0.6 is 11.6 Å². The van der Waals surface area contributed by atoms with Gasteiger partial charge in [-0.3, -0.25) is 9.69 Å². The van der Waals surface area contributed by atoms with Gasteiger partial charge in [-0.25, -0.2) is 4.39 Å². The molecule has 1 atom stereocenters. The van der Waals surface area contributed by atoms with Crippen molar-refractivity contribution in [3.8, 4) is 0 Å². The first-order valence-electron chi connectivity index (χ1n) is 7.18. The Morgan fingerprint density at radius 1 is 1.48 bits per heavy atom. The fourth-order valence-corrected chi connectivity index (χ4v) is 2.76. The molecule has 1 aliphatic rings. The van der Waals surface area contributed by atoms with Crippen LogP contribution < -0.4 is 0 Å². The largest absolute Gasteiger partial charge is 0.459 e. The van der Waals surface area contributed by atoms with Crippen LogP contribution in [0.2, 0.25) is 5.02 Å². The highest BCUT2D eigenvalue weighted by Gasteiger charge is 2.34. The monoisotopic (exact) mass is 313 g/mol. The van der Waals surface area contributed by atoms with E-state index in [1.165, 1.54) is 6.07 Å². The van der Waals surface area contributed by atoms with Crippen LogP contribution in [0.4, 0.5) is 4.39 Å². The molecular formula is C16H21ClFNO2. The number of hydrogen-bond acceptors (Lipinski definition) is 3. The fourth-order valence-electron chi connectivity index (χ4n) is 2.54. The lowest BCUT2D eigenvalue weighted by molar-refractivity contribution is -0.160. The summed E-state index contributed by atoms with van der Waals surface area (Å²) in [4.78, 5) is 14.2. The number of halogens is 2. The van der Waals surface area contributed by atoms with E-state index in [1.807, 2.05) is 25.7 Å². The quantitative estimate of drug-likeness (QED) is 0.795. The molecule has 0 aliphatic carbocycles. The average Bonchev–Trinajstić information content (AvgIpc) is 2.80. The van der Waals surface area contributed by atoms with Gasteiger partial charge in [0.25, 0.3) is 0 Å². The van der Waals surface area contributed by atoms with E-state index in [2.05, 4.69) is 0 Å². The summed E-state index contributed by atoms with van der Waals surface area (Å²) in [7, 11) is 0. The Labute approximate surface area is 130 Å². The Balaban J connectivity index is 2.11. The molecule has 0 aromatic heterocycles. The molecule has 1 heterocycles. The highest BCUT2D eigenvalue weighted by molar-refractivity contribution is 6.31. The number of hydrogen-bond donors (Lipinski definition) is 0. The third kappa shape index (κ3) is 4.17. The van der Waals surface area contributed by atoms with Crippen molar-refractivity contribution in [3.05, 3.63) is 34.6 Å². The summed E-state index contributed by atoms with van der Waals surface area (Å²) >= 11 is 6.06. The lowest BCUT2D eigenvalue weighted by Gasteiger charge is -2.27. The van der Waals surface area contributed by atoms with E-state index in [0.29, 0.717) is 17.1 Å². The molecule has 116 valence electrons. The molecule has 1 fully saturated rings. The first-order valence-corrected chi connectivity index (χ1v) is 7.55. The predicted molar refractivity (Wildman–Crippen MR) is 80.7 cm³/mol. The van der Waals surface area contributed by atoms with Crippen molar-refractivity contribution in [1.82, 2.24) is 4.90 Å². The van der Waals surface area contributed by atoms with Gasteiger partial charge in [-0.15, -0.1) is 0 Å². The molecule has 0 saturated carbocycles. The third-order valence-corrected chi connectivity index (χ3v) is 3.82. The Hall–Kier alpha value is -1.13. The zero-order valence-corrected chi connectivity index (χ0v) is 13.4. The Bertz CT molecular complexity index is 507. The number of likely N-dealkylation sites (tertiary alicyclic amines) is 1. The summed E-state index contributed by atoms with van der Waals surface area (Å²) in [5, 5.41) is 0.393. The topological polar surface area (TPSA) is 29.5 Å². The van der Waals surface area contributed by atoms with E-state index in [1.54, 1.807) is 12.1 Å². The molecule has 21 heavy (non-hydrogen) atoms. The van der Waals surface area contributed by atoms with Crippen molar-refractivity contribution in [2.75, 3.05) is 6.54 Å². The number of carbonyl (C=O) groups excluding carboxylic acids is 1.